The van der Waals surface area contributed by atoms with Crippen molar-refractivity contribution in [3.05, 3.63) is 64.7 Å². The largest absolute Gasteiger partial charge is 0.302 e. The van der Waals surface area contributed by atoms with E-state index >= 15 is 0 Å². The van der Waals surface area contributed by atoms with Gasteiger partial charge < -0.3 is 4.57 Å². The zero-order chi connectivity index (χ0) is 19.0. The molecule has 0 aliphatic rings. The van der Waals surface area contributed by atoms with Gasteiger partial charge >= 0.3 is 0 Å². The minimum atomic E-state index is -3.94. The average Bonchev–Trinajstić information content (AvgIpc) is 2.52. The standard InChI is InChI=1S/C21H25O3P/c1-14-12-15(2)18(16(3)13-14)19(22)25(24,20(23)21(4,5)6)17-10-8-7-9-11-17/h7-13H,1-6H3. The van der Waals surface area contributed by atoms with Crippen molar-refractivity contribution in [2.75, 3.05) is 0 Å². The summed E-state index contributed by atoms with van der Waals surface area (Å²) in [6.45, 7) is 10.7. The van der Waals surface area contributed by atoms with Crippen LogP contribution in [0.15, 0.2) is 42.5 Å². The fourth-order valence-electron chi connectivity index (χ4n) is 3.11. The van der Waals surface area contributed by atoms with Gasteiger partial charge in [-0.15, -0.1) is 0 Å². The van der Waals surface area contributed by atoms with Crippen LogP contribution in [0.25, 0.3) is 0 Å². The summed E-state index contributed by atoms with van der Waals surface area (Å²) in [7, 11) is -3.94. The molecule has 0 saturated carbocycles. The molecule has 25 heavy (non-hydrogen) atoms. The fourth-order valence-corrected chi connectivity index (χ4v) is 5.97. The molecule has 4 heteroatoms. The predicted octanol–water partition coefficient (Wildman–Crippen LogP) is 5.01. The van der Waals surface area contributed by atoms with Crippen LogP contribution in [0.1, 0.15) is 47.8 Å². The molecule has 0 saturated heterocycles. The van der Waals surface area contributed by atoms with Gasteiger partial charge in [0.15, 0.2) is 0 Å². The number of hydrogen-bond donors (Lipinski definition) is 0. The molecule has 1 atom stereocenters. The van der Waals surface area contributed by atoms with Crippen LogP contribution in [0.2, 0.25) is 0 Å². The van der Waals surface area contributed by atoms with Crippen molar-refractivity contribution in [2.24, 2.45) is 5.41 Å². The number of aryl methyl sites for hydroxylation is 3. The van der Waals surface area contributed by atoms with Crippen LogP contribution < -0.4 is 5.30 Å². The lowest BCUT2D eigenvalue weighted by molar-refractivity contribution is -0.118. The Hall–Kier alpha value is -1.99. The van der Waals surface area contributed by atoms with Crippen LogP contribution in [0.5, 0.6) is 0 Å². The Bertz CT molecular complexity index is 851. The van der Waals surface area contributed by atoms with E-state index in [4.69, 9.17) is 0 Å². The lowest BCUT2D eigenvalue weighted by atomic mass is 9.99. The van der Waals surface area contributed by atoms with Crippen molar-refractivity contribution in [2.45, 2.75) is 41.5 Å². The third-order valence-electron chi connectivity index (χ3n) is 4.22. The molecule has 0 aliphatic carbocycles. The summed E-state index contributed by atoms with van der Waals surface area (Å²) in [5.41, 5.74) is 0.983. The molecule has 0 radical (unpaired) electrons. The first kappa shape index (κ1) is 19.3. The summed E-state index contributed by atoms with van der Waals surface area (Å²) in [5.74, 6) is 0. The van der Waals surface area contributed by atoms with Gasteiger partial charge in [0, 0.05) is 16.3 Å². The zero-order valence-corrected chi connectivity index (χ0v) is 16.6. The molecular formula is C21H25O3P. The number of carbonyl (C=O) groups is 2. The molecule has 2 aromatic rings. The summed E-state index contributed by atoms with van der Waals surface area (Å²) in [6, 6.07) is 12.2. The van der Waals surface area contributed by atoms with E-state index in [0.717, 1.165) is 16.7 Å². The smallest absolute Gasteiger partial charge is 0.244 e. The third kappa shape index (κ3) is 3.52. The maximum atomic E-state index is 14.0. The van der Waals surface area contributed by atoms with E-state index in [1.165, 1.54) is 0 Å². The van der Waals surface area contributed by atoms with Gasteiger partial charge in [0.05, 0.1) is 0 Å². The van der Waals surface area contributed by atoms with E-state index in [9.17, 15) is 14.2 Å². The Labute approximate surface area is 149 Å². The molecule has 0 fully saturated rings. The highest BCUT2D eigenvalue weighted by Crippen LogP contribution is 2.54. The summed E-state index contributed by atoms with van der Waals surface area (Å²) in [4.78, 5) is 26.5. The first-order valence-corrected chi connectivity index (χ1v) is 10.0. The second-order valence-electron chi connectivity index (χ2n) is 7.58. The topological polar surface area (TPSA) is 51.2 Å². The Balaban J connectivity index is 2.76. The summed E-state index contributed by atoms with van der Waals surface area (Å²) >= 11 is 0. The number of carbonyl (C=O) groups excluding carboxylic acids is 2. The Morgan fingerprint density at radius 3 is 1.80 bits per heavy atom. The van der Waals surface area contributed by atoms with Gasteiger partial charge in [0.25, 0.3) is 0 Å². The van der Waals surface area contributed by atoms with E-state index in [-0.39, 0.29) is 0 Å². The third-order valence-corrected chi connectivity index (χ3v) is 7.29. The molecule has 1 unspecified atom stereocenters. The van der Waals surface area contributed by atoms with Crippen LogP contribution in [0.4, 0.5) is 0 Å². The molecule has 0 amide bonds. The van der Waals surface area contributed by atoms with Crippen molar-refractivity contribution in [3.63, 3.8) is 0 Å². The van der Waals surface area contributed by atoms with Crippen molar-refractivity contribution in [1.82, 2.24) is 0 Å². The van der Waals surface area contributed by atoms with Gasteiger partial charge in [-0.2, -0.15) is 0 Å². The Morgan fingerprint density at radius 1 is 0.880 bits per heavy atom. The van der Waals surface area contributed by atoms with Gasteiger partial charge in [-0.05, 0) is 31.9 Å². The number of rotatable bonds is 4. The zero-order valence-electron chi connectivity index (χ0n) is 15.7. The van der Waals surface area contributed by atoms with E-state index < -0.39 is 23.6 Å². The van der Waals surface area contributed by atoms with Crippen molar-refractivity contribution >= 4 is 23.5 Å². The summed E-state index contributed by atoms with van der Waals surface area (Å²) in [6.07, 6.45) is 0. The maximum Gasteiger partial charge on any atom is 0.244 e. The predicted molar refractivity (Wildman–Crippen MR) is 103 cm³/mol. The highest BCUT2D eigenvalue weighted by Gasteiger charge is 2.47. The molecule has 0 aliphatic heterocycles. The van der Waals surface area contributed by atoms with Crippen LogP contribution in [0, 0.1) is 26.2 Å². The van der Waals surface area contributed by atoms with Crippen LogP contribution in [0.3, 0.4) is 0 Å². The SMILES string of the molecule is Cc1cc(C)c(C(=O)P(=O)(C(=O)C(C)(C)C)c2ccccc2)c(C)c1. The molecule has 0 heterocycles. The molecule has 0 aromatic heterocycles. The lowest BCUT2D eigenvalue weighted by Crippen LogP contribution is -2.29. The van der Waals surface area contributed by atoms with Gasteiger partial charge in [-0.25, -0.2) is 0 Å². The quantitative estimate of drug-likeness (QED) is 0.723. The van der Waals surface area contributed by atoms with Crippen molar-refractivity contribution in [1.29, 1.82) is 0 Å². The normalized spacial score (nSPS) is 14.0. The van der Waals surface area contributed by atoms with Gasteiger partial charge in [-0.3, -0.25) is 9.59 Å². The lowest BCUT2D eigenvalue weighted by Gasteiger charge is -2.25. The molecule has 0 bridgehead atoms. The summed E-state index contributed by atoms with van der Waals surface area (Å²) < 4.78 is 14.0. The summed E-state index contributed by atoms with van der Waals surface area (Å²) in [5, 5.41) is 0.305. The van der Waals surface area contributed by atoms with Crippen molar-refractivity contribution < 1.29 is 14.2 Å². The van der Waals surface area contributed by atoms with Crippen LogP contribution >= 0.6 is 7.14 Å². The highest BCUT2D eigenvalue weighted by atomic mass is 31.2. The molecule has 2 rings (SSSR count). The van der Waals surface area contributed by atoms with E-state index in [1.54, 1.807) is 51.1 Å². The molecule has 0 spiro atoms. The molecule has 132 valence electrons. The van der Waals surface area contributed by atoms with Gasteiger partial charge in [0.1, 0.15) is 0 Å². The van der Waals surface area contributed by atoms with E-state index in [2.05, 4.69) is 0 Å². The molecule has 2 aromatic carbocycles. The Kier molecular flexibility index (Phi) is 5.20. The van der Waals surface area contributed by atoms with Crippen LogP contribution in [-0.2, 0) is 9.36 Å². The maximum absolute atomic E-state index is 14.0. The molecular weight excluding hydrogens is 331 g/mol. The minimum absolute atomic E-state index is 0.305. The molecule has 0 N–H and O–H groups in total. The Morgan fingerprint density at radius 2 is 1.36 bits per heavy atom. The monoisotopic (exact) mass is 356 g/mol. The van der Waals surface area contributed by atoms with E-state index in [1.807, 2.05) is 32.9 Å². The average molecular weight is 356 g/mol. The number of hydrogen-bond acceptors (Lipinski definition) is 3. The second kappa shape index (κ2) is 6.72. The first-order valence-electron chi connectivity index (χ1n) is 8.33. The van der Waals surface area contributed by atoms with Crippen molar-refractivity contribution in [3.8, 4) is 0 Å². The molecule has 3 nitrogen and oxygen atoms in total. The second-order valence-corrected chi connectivity index (χ2v) is 10.1. The van der Waals surface area contributed by atoms with Crippen LogP contribution in [-0.4, -0.2) is 11.0 Å². The van der Waals surface area contributed by atoms with Gasteiger partial charge in [-0.1, -0.05) is 68.8 Å². The van der Waals surface area contributed by atoms with Gasteiger partial charge in [0.2, 0.25) is 18.2 Å². The first-order chi connectivity index (χ1) is 11.5. The van der Waals surface area contributed by atoms with E-state index in [0.29, 0.717) is 10.9 Å². The fraction of sp³-hybridized carbons (Fsp3) is 0.333. The highest BCUT2D eigenvalue weighted by molar-refractivity contribution is 8.00. The number of benzene rings is 2. The minimum Gasteiger partial charge on any atom is -0.302 e.